The number of rotatable bonds is 5. The van der Waals surface area contributed by atoms with E-state index in [4.69, 9.17) is 4.42 Å². The lowest BCUT2D eigenvalue weighted by Crippen LogP contribution is -2.22. The van der Waals surface area contributed by atoms with E-state index in [2.05, 4.69) is 25.5 Å². The predicted molar refractivity (Wildman–Crippen MR) is 77.3 cm³/mol. The van der Waals surface area contributed by atoms with E-state index in [1.165, 1.54) is 6.33 Å². The van der Waals surface area contributed by atoms with Crippen LogP contribution in [-0.4, -0.2) is 26.7 Å². The number of nitrogens with one attached hydrogen (secondary N) is 1. The molecule has 0 bridgehead atoms. The first-order chi connectivity index (χ1) is 10.4. The molecule has 0 saturated heterocycles. The Bertz CT molecular complexity index is 684. The van der Waals surface area contributed by atoms with E-state index in [0.29, 0.717) is 17.3 Å². The molecule has 0 fully saturated rings. The third kappa shape index (κ3) is 2.95. The van der Waals surface area contributed by atoms with Gasteiger partial charge in [0, 0.05) is 12.4 Å². The van der Waals surface area contributed by atoms with Crippen LogP contribution in [-0.2, 0) is 0 Å². The van der Waals surface area contributed by atoms with Crippen LogP contribution in [0.5, 0.6) is 0 Å². The Kier molecular flexibility index (Phi) is 3.97. The highest BCUT2D eigenvalue weighted by Gasteiger charge is 2.20. The fourth-order valence-electron chi connectivity index (χ4n) is 2.07. The van der Waals surface area contributed by atoms with Crippen LogP contribution in [0.4, 0.5) is 0 Å². The summed E-state index contributed by atoms with van der Waals surface area (Å²) in [6.45, 7) is 2.84. The van der Waals surface area contributed by atoms with Crippen LogP contribution in [0.25, 0.3) is 11.5 Å². The highest BCUT2D eigenvalue weighted by atomic mass is 16.4. The molecule has 0 aliphatic heterocycles. The van der Waals surface area contributed by atoms with Crippen LogP contribution in [0.15, 0.2) is 53.5 Å². The second-order valence-electron chi connectivity index (χ2n) is 4.47. The monoisotopic (exact) mass is 281 g/mol. The summed E-state index contributed by atoms with van der Waals surface area (Å²) in [5.41, 5.74) is 1.79. The van der Waals surface area contributed by atoms with Crippen molar-refractivity contribution in [1.29, 1.82) is 0 Å². The first-order valence-electron chi connectivity index (χ1n) is 6.75. The summed E-state index contributed by atoms with van der Waals surface area (Å²) in [6, 6.07) is 9.89. The summed E-state index contributed by atoms with van der Waals surface area (Å²) < 4.78 is 5.77. The first kappa shape index (κ1) is 13.4. The molecular weight excluding hydrogens is 266 g/mol. The number of nitrogens with zero attached hydrogens (tertiary/aromatic N) is 4. The van der Waals surface area contributed by atoms with Crippen molar-refractivity contribution in [3.8, 4) is 11.5 Å². The minimum Gasteiger partial charge on any atom is -0.418 e. The smallest absolute Gasteiger partial charge is 0.250 e. The van der Waals surface area contributed by atoms with Crippen molar-refractivity contribution in [3.05, 3.63) is 60.5 Å². The standard InChI is InChI=1S/C15H15N5O/c1-2-18-13(11-6-4-3-5-7-11)15-20-19-14(21-15)12-8-16-10-17-9-12/h3-10,13,18H,2H2,1H3. The van der Waals surface area contributed by atoms with Gasteiger partial charge >= 0.3 is 0 Å². The number of hydrogen-bond acceptors (Lipinski definition) is 6. The molecule has 21 heavy (non-hydrogen) atoms. The van der Waals surface area contributed by atoms with Gasteiger partial charge in [-0.3, -0.25) is 0 Å². The number of hydrogen-bond donors (Lipinski definition) is 1. The minimum absolute atomic E-state index is 0.123. The van der Waals surface area contributed by atoms with E-state index in [9.17, 15) is 0 Å². The normalized spacial score (nSPS) is 12.2. The minimum atomic E-state index is -0.123. The van der Waals surface area contributed by atoms with Crippen molar-refractivity contribution in [1.82, 2.24) is 25.5 Å². The largest absolute Gasteiger partial charge is 0.418 e. The summed E-state index contributed by atoms with van der Waals surface area (Å²) >= 11 is 0. The molecule has 0 saturated carbocycles. The Labute approximate surface area is 122 Å². The van der Waals surface area contributed by atoms with Crippen LogP contribution in [0.2, 0.25) is 0 Å². The van der Waals surface area contributed by atoms with Gasteiger partial charge in [-0.15, -0.1) is 10.2 Å². The highest BCUT2D eigenvalue weighted by Crippen LogP contribution is 2.24. The Morgan fingerprint density at radius 3 is 2.57 bits per heavy atom. The second kappa shape index (κ2) is 6.23. The maximum absolute atomic E-state index is 5.77. The van der Waals surface area contributed by atoms with E-state index in [-0.39, 0.29) is 6.04 Å². The van der Waals surface area contributed by atoms with E-state index < -0.39 is 0 Å². The van der Waals surface area contributed by atoms with Crippen molar-refractivity contribution in [2.75, 3.05) is 6.54 Å². The lowest BCUT2D eigenvalue weighted by Gasteiger charge is -2.13. The van der Waals surface area contributed by atoms with Gasteiger partial charge in [0.15, 0.2) is 0 Å². The van der Waals surface area contributed by atoms with Crippen LogP contribution < -0.4 is 5.32 Å². The maximum atomic E-state index is 5.77. The van der Waals surface area contributed by atoms with Gasteiger partial charge in [0.2, 0.25) is 5.89 Å². The van der Waals surface area contributed by atoms with Gasteiger partial charge < -0.3 is 9.73 Å². The molecule has 2 heterocycles. The molecule has 3 aromatic rings. The zero-order valence-electron chi connectivity index (χ0n) is 11.6. The highest BCUT2D eigenvalue weighted by molar-refractivity contribution is 5.48. The van der Waals surface area contributed by atoms with Gasteiger partial charge in [0.05, 0.1) is 5.56 Å². The lowest BCUT2D eigenvalue weighted by atomic mass is 10.1. The molecule has 0 spiro atoms. The Balaban J connectivity index is 1.93. The first-order valence-corrected chi connectivity index (χ1v) is 6.75. The fourth-order valence-corrected chi connectivity index (χ4v) is 2.07. The second-order valence-corrected chi connectivity index (χ2v) is 4.47. The zero-order valence-corrected chi connectivity index (χ0v) is 11.6. The van der Waals surface area contributed by atoms with Gasteiger partial charge in [-0.25, -0.2) is 9.97 Å². The summed E-state index contributed by atoms with van der Waals surface area (Å²) in [5, 5.41) is 11.6. The van der Waals surface area contributed by atoms with Crippen LogP contribution in [0.1, 0.15) is 24.4 Å². The van der Waals surface area contributed by atoms with E-state index in [1.54, 1.807) is 12.4 Å². The molecule has 0 amide bonds. The lowest BCUT2D eigenvalue weighted by molar-refractivity contribution is 0.444. The van der Waals surface area contributed by atoms with Gasteiger partial charge in [-0.2, -0.15) is 0 Å². The molecule has 1 atom stereocenters. The molecule has 1 N–H and O–H groups in total. The van der Waals surface area contributed by atoms with Crippen molar-refractivity contribution >= 4 is 0 Å². The summed E-state index contributed by atoms with van der Waals surface area (Å²) in [5.74, 6) is 0.950. The van der Waals surface area contributed by atoms with Crippen LogP contribution in [0.3, 0.4) is 0 Å². The van der Waals surface area contributed by atoms with Crippen molar-refractivity contribution < 1.29 is 4.42 Å². The Morgan fingerprint density at radius 2 is 1.86 bits per heavy atom. The van der Waals surface area contributed by atoms with Crippen LogP contribution >= 0.6 is 0 Å². The fraction of sp³-hybridized carbons (Fsp3) is 0.200. The van der Waals surface area contributed by atoms with Crippen molar-refractivity contribution in [2.45, 2.75) is 13.0 Å². The molecule has 0 aliphatic rings. The average molecular weight is 281 g/mol. The van der Waals surface area contributed by atoms with Crippen molar-refractivity contribution in [3.63, 3.8) is 0 Å². The van der Waals surface area contributed by atoms with Gasteiger partial charge in [0.1, 0.15) is 12.4 Å². The summed E-state index contributed by atoms with van der Waals surface area (Å²) in [6.07, 6.45) is 4.76. The van der Waals surface area contributed by atoms with Crippen LogP contribution in [0, 0.1) is 0 Å². The molecule has 1 unspecified atom stereocenters. The zero-order chi connectivity index (χ0) is 14.5. The molecule has 0 radical (unpaired) electrons. The SMILES string of the molecule is CCNC(c1ccccc1)c1nnc(-c2cncnc2)o1. The predicted octanol–water partition coefficient (Wildman–Crippen LogP) is 2.23. The average Bonchev–Trinajstić information content (AvgIpc) is 3.04. The van der Waals surface area contributed by atoms with Gasteiger partial charge in [-0.1, -0.05) is 37.3 Å². The molecular formula is C15H15N5O. The third-order valence-corrected chi connectivity index (χ3v) is 3.04. The topological polar surface area (TPSA) is 76.7 Å². The summed E-state index contributed by atoms with van der Waals surface area (Å²) in [7, 11) is 0. The molecule has 106 valence electrons. The van der Waals surface area contributed by atoms with Gasteiger partial charge in [0.25, 0.3) is 5.89 Å². The Hall–Kier alpha value is -2.60. The molecule has 2 aromatic heterocycles. The van der Waals surface area contributed by atoms with E-state index in [1.807, 2.05) is 37.3 Å². The number of aromatic nitrogens is 4. The maximum Gasteiger partial charge on any atom is 0.250 e. The van der Waals surface area contributed by atoms with E-state index >= 15 is 0 Å². The van der Waals surface area contributed by atoms with E-state index in [0.717, 1.165) is 12.1 Å². The third-order valence-electron chi connectivity index (χ3n) is 3.04. The molecule has 3 rings (SSSR count). The quantitative estimate of drug-likeness (QED) is 0.772. The molecule has 1 aromatic carbocycles. The molecule has 6 nitrogen and oxygen atoms in total. The summed E-state index contributed by atoms with van der Waals surface area (Å²) in [4.78, 5) is 7.91. The van der Waals surface area contributed by atoms with Crippen molar-refractivity contribution in [2.24, 2.45) is 0 Å². The Morgan fingerprint density at radius 1 is 1.10 bits per heavy atom. The molecule has 6 heteroatoms. The van der Waals surface area contributed by atoms with Gasteiger partial charge in [-0.05, 0) is 12.1 Å². The molecule has 0 aliphatic carbocycles. The number of benzene rings is 1.